The summed E-state index contributed by atoms with van der Waals surface area (Å²) in [5.41, 5.74) is 5.72. The van der Waals surface area contributed by atoms with Crippen LogP contribution in [0.4, 0.5) is 4.39 Å². The number of hydrogen-bond acceptors (Lipinski definition) is 6. The molecule has 0 atom stereocenters. The quantitative estimate of drug-likeness (QED) is 0.313. The Balaban J connectivity index is 1.42. The van der Waals surface area contributed by atoms with Crippen molar-refractivity contribution in [3.05, 3.63) is 79.0 Å². The average molecular weight is 494 g/mol. The smallest absolute Gasteiger partial charge is 0.160 e. The first-order valence-electron chi connectivity index (χ1n) is 11.9. The van der Waals surface area contributed by atoms with Crippen LogP contribution >= 0.6 is 0 Å². The van der Waals surface area contributed by atoms with Crippen molar-refractivity contribution in [2.45, 2.75) is 0 Å². The fourth-order valence-electron chi connectivity index (χ4n) is 4.35. The summed E-state index contributed by atoms with van der Waals surface area (Å²) in [4.78, 5) is 18.8. The second kappa shape index (κ2) is 9.44. The fraction of sp³-hybridized carbons (Fsp3) is 0.143. The van der Waals surface area contributed by atoms with E-state index in [1.54, 1.807) is 42.9 Å². The number of nitrogens with zero attached hydrogens (tertiary/aromatic N) is 5. The molecule has 0 aliphatic rings. The molecule has 184 valence electrons. The lowest BCUT2D eigenvalue weighted by Gasteiger charge is -2.13. The Hall–Kier alpha value is -4.63. The number of hydrogen-bond donors (Lipinski definition) is 2. The summed E-state index contributed by atoms with van der Waals surface area (Å²) in [5.74, 6) is 0.957. The molecule has 0 unspecified atom stereocenters. The molecular formula is C28H24FN7O. The lowest BCUT2D eigenvalue weighted by molar-refractivity contribution is 0.261. The molecule has 0 radical (unpaired) electrons. The number of rotatable bonds is 7. The Morgan fingerprint density at radius 3 is 2.70 bits per heavy atom. The minimum Gasteiger partial charge on any atom is -0.490 e. The van der Waals surface area contributed by atoms with E-state index in [1.807, 2.05) is 32.3 Å². The zero-order chi connectivity index (χ0) is 25.4. The second-order valence-corrected chi connectivity index (χ2v) is 8.98. The highest BCUT2D eigenvalue weighted by Crippen LogP contribution is 2.35. The molecule has 0 fully saturated rings. The molecule has 0 aliphatic heterocycles. The highest BCUT2D eigenvalue weighted by molar-refractivity contribution is 5.97. The number of ether oxygens (including phenoxy) is 1. The summed E-state index contributed by atoms with van der Waals surface area (Å²) in [7, 11) is 4.02. The van der Waals surface area contributed by atoms with Crippen molar-refractivity contribution in [1.29, 1.82) is 0 Å². The first-order valence-corrected chi connectivity index (χ1v) is 11.9. The Labute approximate surface area is 212 Å². The number of aromatic amines is 2. The van der Waals surface area contributed by atoms with Crippen LogP contribution in [0.2, 0.25) is 0 Å². The maximum atomic E-state index is 14.6. The number of pyridine rings is 2. The SMILES string of the molecule is CN(C)CCOc1cnccc1-c1ccc2[nH]nc(-c3nc4c(-c5ccccc5F)ccnc4[nH]3)c2c1. The molecule has 2 aromatic carbocycles. The maximum Gasteiger partial charge on any atom is 0.160 e. The molecule has 4 heterocycles. The van der Waals surface area contributed by atoms with Gasteiger partial charge in [-0.3, -0.25) is 10.1 Å². The summed E-state index contributed by atoms with van der Waals surface area (Å²) >= 11 is 0. The van der Waals surface area contributed by atoms with Gasteiger partial charge in [0.2, 0.25) is 0 Å². The molecule has 0 saturated heterocycles. The molecule has 6 rings (SSSR count). The number of halogens is 1. The average Bonchev–Trinajstić information content (AvgIpc) is 3.53. The predicted molar refractivity (Wildman–Crippen MR) is 142 cm³/mol. The van der Waals surface area contributed by atoms with Gasteiger partial charge in [0.1, 0.15) is 29.4 Å². The number of H-pyrrole nitrogens is 2. The zero-order valence-corrected chi connectivity index (χ0v) is 20.4. The summed E-state index contributed by atoms with van der Waals surface area (Å²) in [5, 5.41) is 8.51. The van der Waals surface area contributed by atoms with Crippen LogP contribution in [-0.2, 0) is 0 Å². The third kappa shape index (κ3) is 4.30. The van der Waals surface area contributed by atoms with Gasteiger partial charge in [-0.15, -0.1) is 0 Å². The lowest BCUT2D eigenvalue weighted by atomic mass is 10.0. The maximum absolute atomic E-state index is 14.6. The molecule has 0 spiro atoms. The molecule has 0 aliphatic carbocycles. The number of likely N-dealkylation sites (N-methyl/N-ethyl adjacent to an activating group) is 1. The topological polar surface area (TPSA) is 95.6 Å². The summed E-state index contributed by atoms with van der Waals surface area (Å²) < 4.78 is 20.6. The van der Waals surface area contributed by atoms with Crippen LogP contribution in [0.3, 0.4) is 0 Å². The fourth-order valence-corrected chi connectivity index (χ4v) is 4.35. The van der Waals surface area contributed by atoms with Crippen LogP contribution < -0.4 is 4.74 Å². The van der Waals surface area contributed by atoms with Crippen molar-refractivity contribution < 1.29 is 9.13 Å². The molecule has 6 aromatic rings. The van der Waals surface area contributed by atoms with E-state index in [-0.39, 0.29) is 5.82 Å². The standard InChI is InChI=1S/C28H24FN7O/c1-36(2)13-14-37-24-16-30-11-9-18(24)17-7-8-23-21(15-17)26(35-34-23)28-32-25-20(10-12-31-27(25)33-28)19-5-3-4-6-22(19)29/h3-12,15-16H,13-14H2,1-2H3,(H,34,35)(H,31,32,33). The van der Waals surface area contributed by atoms with Gasteiger partial charge in [-0.25, -0.2) is 14.4 Å². The van der Waals surface area contributed by atoms with Gasteiger partial charge in [-0.05, 0) is 50.0 Å². The molecule has 9 heteroatoms. The first kappa shape index (κ1) is 22.8. The monoisotopic (exact) mass is 493 g/mol. The van der Waals surface area contributed by atoms with Gasteiger partial charge in [0.25, 0.3) is 0 Å². The van der Waals surface area contributed by atoms with Crippen LogP contribution in [0.15, 0.2) is 73.2 Å². The third-order valence-corrected chi connectivity index (χ3v) is 6.23. The van der Waals surface area contributed by atoms with Crippen LogP contribution in [0.1, 0.15) is 0 Å². The zero-order valence-electron chi connectivity index (χ0n) is 20.4. The van der Waals surface area contributed by atoms with E-state index in [0.717, 1.165) is 34.3 Å². The van der Waals surface area contributed by atoms with Crippen molar-refractivity contribution in [1.82, 2.24) is 35.0 Å². The Bertz CT molecular complexity index is 1720. The van der Waals surface area contributed by atoms with E-state index < -0.39 is 0 Å². The van der Waals surface area contributed by atoms with Gasteiger partial charge >= 0.3 is 0 Å². The van der Waals surface area contributed by atoms with Crippen LogP contribution in [0, 0.1) is 5.82 Å². The Morgan fingerprint density at radius 2 is 1.84 bits per heavy atom. The van der Waals surface area contributed by atoms with Crippen molar-refractivity contribution >= 4 is 22.1 Å². The van der Waals surface area contributed by atoms with Gasteiger partial charge in [0, 0.05) is 41.0 Å². The van der Waals surface area contributed by atoms with E-state index in [2.05, 4.69) is 36.1 Å². The lowest BCUT2D eigenvalue weighted by Crippen LogP contribution is -2.19. The van der Waals surface area contributed by atoms with Gasteiger partial charge in [0.05, 0.1) is 11.7 Å². The first-order chi connectivity index (χ1) is 18.1. The molecule has 37 heavy (non-hydrogen) atoms. The number of aromatic nitrogens is 6. The highest BCUT2D eigenvalue weighted by atomic mass is 19.1. The van der Waals surface area contributed by atoms with Gasteiger partial charge in [-0.2, -0.15) is 5.10 Å². The predicted octanol–water partition coefficient (Wildman–Crippen LogP) is 5.31. The van der Waals surface area contributed by atoms with E-state index >= 15 is 0 Å². The molecular weight excluding hydrogens is 469 g/mol. The van der Waals surface area contributed by atoms with Gasteiger partial charge in [0.15, 0.2) is 11.5 Å². The van der Waals surface area contributed by atoms with Crippen molar-refractivity contribution in [2.75, 3.05) is 27.2 Å². The molecule has 2 N–H and O–H groups in total. The minimum absolute atomic E-state index is 0.310. The van der Waals surface area contributed by atoms with E-state index in [9.17, 15) is 4.39 Å². The van der Waals surface area contributed by atoms with Gasteiger partial charge < -0.3 is 14.6 Å². The number of nitrogens with one attached hydrogen (secondary N) is 2. The molecule has 0 amide bonds. The summed E-state index contributed by atoms with van der Waals surface area (Å²) in [6, 6.07) is 16.4. The van der Waals surface area contributed by atoms with Crippen LogP contribution in [0.5, 0.6) is 5.75 Å². The molecule has 4 aromatic heterocycles. The highest BCUT2D eigenvalue weighted by Gasteiger charge is 2.18. The van der Waals surface area contributed by atoms with Crippen molar-refractivity contribution in [2.24, 2.45) is 0 Å². The molecule has 0 bridgehead atoms. The van der Waals surface area contributed by atoms with E-state index in [0.29, 0.717) is 40.4 Å². The molecule has 8 nitrogen and oxygen atoms in total. The Morgan fingerprint density at radius 1 is 0.973 bits per heavy atom. The summed E-state index contributed by atoms with van der Waals surface area (Å²) in [6.45, 7) is 1.36. The normalized spacial score (nSPS) is 11.6. The number of imidazole rings is 1. The number of fused-ring (bicyclic) bond motifs is 2. The van der Waals surface area contributed by atoms with Gasteiger partial charge in [-0.1, -0.05) is 24.3 Å². The third-order valence-electron chi connectivity index (χ3n) is 6.23. The Kier molecular flexibility index (Phi) is 5.82. The largest absolute Gasteiger partial charge is 0.490 e. The van der Waals surface area contributed by atoms with E-state index in [4.69, 9.17) is 9.72 Å². The molecule has 0 saturated carbocycles. The van der Waals surface area contributed by atoms with Crippen molar-refractivity contribution in [3.63, 3.8) is 0 Å². The summed E-state index contributed by atoms with van der Waals surface area (Å²) in [6.07, 6.45) is 5.14. The van der Waals surface area contributed by atoms with Crippen LogP contribution in [0.25, 0.3) is 55.8 Å². The second-order valence-electron chi connectivity index (χ2n) is 8.98. The minimum atomic E-state index is -0.310. The van der Waals surface area contributed by atoms with Crippen molar-refractivity contribution in [3.8, 4) is 39.5 Å². The van der Waals surface area contributed by atoms with E-state index in [1.165, 1.54) is 6.07 Å². The number of benzene rings is 2. The van der Waals surface area contributed by atoms with Crippen LogP contribution in [-0.4, -0.2) is 62.3 Å².